The van der Waals surface area contributed by atoms with E-state index in [1.807, 2.05) is 0 Å². The Labute approximate surface area is 126 Å². The van der Waals surface area contributed by atoms with Crippen molar-refractivity contribution in [2.45, 2.75) is 49.6 Å². The minimum Gasteiger partial charge on any atom is -0.326 e. The summed E-state index contributed by atoms with van der Waals surface area (Å²) in [7, 11) is -1.80. The maximum atomic E-state index is 12.7. The number of sulfonamides is 1. The smallest absolute Gasteiger partial charge is 0.243 e. The Hall–Kier alpha value is -0.620. The molecule has 112 valence electrons. The first-order valence-corrected chi connectivity index (χ1v) is 8.75. The van der Waals surface area contributed by atoms with E-state index in [1.165, 1.54) is 10.7 Å². The van der Waals surface area contributed by atoms with Crippen LogP contribution in [0.1, 0.15) is 37.7 Å². The number of nitrogens with zero attached hydrogens (tertiary/aromatic N) is 1. The number of halogens is 1. The highest BCUT2D eigenvalue weighted by atomic mass is 35.5. The Morgan fingerprint density at radius 2 is 1.95 bits per heavy atom. The summed E-state index contributed by atoms with van der Waals surface area (Å²) in [5, 5.41) is 0.506. The summed E-state index contributed by atoms with van der Waals surface area (Å²) in [6.07, 6.45) is 5.27. The molecular weight excluding hydrogens is 296 g/mol. The molecule has 0 radical (unpaired) electrons. The van der Waals surface area contributed by atoms with Gasteiger partial charge < -0.3 is 5.73 Å². The highest BCUT2D eigenvalue weighted by molar-refractivity contribution is 7.89. The van der Waals surface area contributed by atoms with Crippen molar-refractivity contribution in [1.29, 1.82) is 0 Å². The van der Waals surface area contributed by atoms with E-state index < -0.39 is 10.0 Å². The van der Waals surface area contributed by atoms with Gasteiger partial charge in [-0.15, -0.1) is 0 Å². The van der Waals surface area contributed by atoms with Gasteiger partial charge in [0.2, 0.25) is 10.0 Å². The Bertz CT molecular complexity index is 569. The lowest BCUT2D eigenvalue weighted by molar-refractivity contribution is 0.286. The highest BCUT2D eigenvalue weighted by Crippen LogP contribution is 2.28. The predicted octanol–water partition coefficient (Wildman–Crippen LogP) is 2.75. The number of rotatable bonds is 4. The van der Waals surface area contributed by atoms with Gasteiger partial charge in [-0.25, -0.2) is 8.42 Å². The van der Waals surface area contributed by atoms with Crippen LogP contribution >= 0.6 is 11.6 Å². The van der Waals surface area contributed by atoms with Gasteiger partial charge in [-0.05, 0) is 36.6 Å². The Morgan fingerprint density at radius 1 is 1.30 bits per heavy atom. The largest absolute Gasteiger partial charge is 0.326 e. The molecule has 0 aromatic heterocycles. The summed E-state index contributed by atoms with van der Waals surface area (Å²) in [5.41, 5.74) is 6.25. The van der Waals surface area contributed by atoms with Crippen LogP contribution in [0.25, 0.3) is 0 Å². The second kappa shape index (κ2) is 6.43. The molecule has 1 aliphatic carbocycles. The molecule has 2 N–H and O–H groups in total. The fourth-order valence-corrected chi connectivity index (χ4v) is 4.34. The molecule has 2 rings (SSSR count). The normalized spacial score (nSPS) is 17.6. The maximum Gasteiger partial charge on any atom is 0.243 e. The van der Waals surface area contributed by atoms with Crippen molar-refractivity contribution in [2.24, 2.45) is 5.73 Å². The molecule has 6 heteroatoms. The Balaban J connectivity index is 2.29. The molecule has 1 fully saturated rings. The van der Waals surface area contributed by atoms with Crippen LogP contribution in [0, 0.1) is 0 Å². The molecule has 0 amide bonds. The molecule has 20 heavy (non-hydrogen) atoms. The molecule has 0 bridgehead atoms. The van der Waals surface area contributed by atoms with E-state index in [0.717, 1.165) is 25.7 Å². The predicted molar refractivity (Wildman–Crippen MR) is 81.2 cm³/mol. The number of benzene rings is 1. The molecule has 0 spiro atoms. The first-order chi connectivity index (χ1) is 9.46. The minimum atomic E-state index is -3.47. The van der Waals surface area contributed by atoms with Crippen LogP contribution < -0.4 is 5.73 Å². The van der Waals surface area contributed by atoms with Gasteiger partial charge in [0, 0.05) is 24.7 Å². The van der Waals surface area contributed by atoms with E-state index in [9.17, 15) is 8.42 Å². The topological polar surface area (TPSA) is 63.4 Å². The zero-order valence-electron chi connectivity index (χ0n) is 11.7. The van der Waals surface area contributed by atoms with Crippen LogP contribution in [0.3, 0.4) is 0 Å². The van der Waals surface area contributed by atoms with Crippen LogP contribution in [0.2, 0.25) is 5.02 Å². The van der Waals surface area contributed by atoms with Crippen molar-refractivity contribution >= 4 is 21.6 Å². The van der Waals surface area contributed by atoms with Crippen molar-refractivity contribution in [2.75, 3.05) is 7.05 Å². The molecule has 1 aliphatic rings. The average molecular weight is 317 g/mol. The fraction of sp³-hybridized carbons (Fsp3) is 0.571. The van der Waals surface area contributed by atoms with E-state index in [2.05, 4.69) is 0 Å². The SMILES string of the molecule is CN(C1CCCCC1)S(=O)(=O)c1ccc(Cl)c(CN)c1. The van der Waals surface area contributed by atoms with Crippen molar-refractivity contribution in [1.82, 2.24) is 4.31 Å². The van der Waals surface area contributed by atoms with E-state index in [-0.39, 0.29) is 17.5 Å². The van der Waals surface area contributed by atoms with Gasteiger partial charge in [-0.1, -0.05) is 30.9 Å². The molecule has 0 aliphatic heterocycles. The van der Waals surface area contributed by atoms with Crippen LogP contribution in [-0.2, 0) is 16.6 Å². The maximum absolute atomic E-state index is 12.7. The van der Waals surface area contributed by atoms with Crippen molar-refractivity contribution in [3.8, 4) is 0 Å². The summed E-state index contributed by atoms with van der Waals surface area (Å²) in [6, 6.07) is 4.84. The van der Waals surface area contributed by atoms with Crippen LogP contribution in [0.15, 0.2) is 23.1 Å². The lowest BCUT2D eigenvalue weighted by atomic mass is 9.96. The molecule has 1 saturated carbocycles. The van der Waals surface area contributed by atoms with E-state index in [4.69, 9.17) is 17.3 Å². The van der Waals surface area contributed by atoms with Crippen LogP contribution in [0.4, 0.5) is 0 Å². The molecule has 4 nitrogen and oxygen atoms in total. The van der Waals surface area contributed by atoms with Gasteiger partial charge in [-0.2, -0.15) is 4.31 Å². The molecule has 0 atom stereocenters. The van der Waals surface area contributed by atoms with Crippen molar-refractivity contribution in [3.63, 3.8) is 0 Å². The molecule has 1 aromatic carbocycles. The standard InChI is InChI=1S/C14H21ClN2O2S/c1-17(12-5-3-2-4-6-12)20(18,19)13-7-8-14(15)11(9-13)10-16/h7-9,12H,2-6,10,16H2,1H3. The third kappa shape index (κ3) is 3.17. The monoisotopic (exact) mass is 316 g/mol. The summed E-state index contributed by atoms with van der Waals surface area (Å²) < 4.78 is 26.8. The highest BCUT2D eigenvalue weighted by Gasteiger charge is 2.29. The molecule has 0 heterocycles. The molecular formula is C14H21ClN2O2S. The zero-order chi connectivity index (χ0) is 14.8. The van der Waals surface area contributed by atoms with Gasteiger partial charge in [0.1, 0.15) is 0 Å². The van der Waals surface area contributed by atoms with Crippen molar-refractivity contribution < 1.29 is 8.42 Å². The first kappa shape index (κ1) is 15.8. The third-order valence-corrected chi connectivity index (χ3v) is 6.28. The minimum absolute atomic E-state index is 0.103. The number of hydrogen-bond donors (Lipinski definition) is 1. The molecule has 1 aromatic rings. The summed E-state index contributed by atoms with van der Waals surface area (Å²) in [5.74, 6) is 0. The lowest BCUT2D eigenvalue weighted by Crippen LogP contribution is -2.38. The fourth-order valence-electron chi connectivity index (χ4n) is 2.68. The van der Waals surface area contributed by atoms with Crippen molar-refractivity contribution in [3.05, 3.63) is 28.8 Å². The Morgan fingerprint density at radius 3 is 2.55 bits per heavy atom. The van der Waals surface area contributed by atoms with Gasteiger partial charge in [0.25, 0.3) is 0 Å². The number of hydrogen-bond acceptors (Lipinski definition) is 3. The molecule has 0 saturated heterocycles. The quantitative estimate of drug-likeness (QED) is 0.929. The third-order valence-electron chi connectivity index (χ3n) is 4.00. The second-order valence-corrected chi connectivity index (χ2v) is 7.68. The van der Waals surface area contributed by atoms with E-state index >= 15 is 0 Å². The average Bonchev–Trinajstić information content (AvgIpc) is 2.47. The van der Waals surface area contributed by atoms with Gasteiger partial charge in [0.15, 0.2) is 0 Å². The van der Waals surface area contributed by atoms with E-state index in [1.54, 1.807) is 25.2 Å². The Kier molecular flexibility index (Phi) is 5.07. The van der Waals surface area contributed by atoms with Gasteiger partial charge in [-0.3, -0.25) is 0 Å². The van der Waals surface area contributed by atoms with Gasteiger partial charge in [0.05, 0.1) is 4.90 Å². The summed E-state index contributed by atoms with van der Waals surface area (Å²) in [6.45, 7) is 0.231. The summed E-state index contributed by atoms with van der Waals surface area (Å²) >= 11 is 5.99. The summed E-state index contributed by atoms with van der Waals surface area (Å²) in [4.78, 5) is 0.274. The van der Waals surface area contributed by atoms with Crippen LogP contribution in [0.5, 0.6) is 0 Å². The first-order valence-electron chi connectivity index (χ1n) is 6.93. The van der Waals surface area contributed by atoms with Crippen LogP contribution in [-0.4, -0.2) is 25.8 Å². The second-order valence-electron chi connectivity index (χ2n) is 5.27. The zero-order valence-corrected chi connectivity index (χ0v) is 13.3. The van der Waals surface area contributed by atoms with Gasteiger partial charge >= 0.3 is 0 Å². The lowest BCUT2D eigenvalue weighted by Gasteiger charge is -2.30. The number of nitrogens with two attached hydrogens (primary N) is 1. The van der Waals surface area contributed by atoms with E-state index in [0.29, 0.717) is 10.6 Å². The molecule has 0 unspecified atom stereocenters.